The van der Waals surface area contributed by atoms with E-state index in [1.807, 2.05) is 34.0 Å². The van der Waals surface area contributed by atoms with E-state index in [-0.39, 0.29) is 6.09 Å². The Kier molecular flexibility index (Phi) is 28.3. The van der Waals surface area contributed by atoms with Crippen LogP contribution >= 0.6 is 11.8 Å². The molecule has 0 bridgehead atoms. The summed E-state index contributed by atoms with van der Waals surface area (Å²) in [4.78, 5) is 21.9. The van der Waals surface area contributed by atoms with Crippen LogP contribution in [0.15, 0.2) is 0 Å². The number of hydrogen-bond donors (Lipinski definition) is 1. The van der Waals surface area contributed by atoms with Crippen molar-refractivity contribution in [3.05, 3.63) is 0 Å². The highest BCUT2D eigenvalue weighted by atomic mass is 32.2. The molecular weight excluding hydrogens is 276 g/mol. The van der Waals surface area contributed by atoms with Crippen LogP contribution in [0.4, 0.5) is 4.79 Å². The fourth-order valence-electron chi connectivity index (χ4n) is 1.15. The Balaban J connectivity index is -0.000000355. The van der Waals surface area contributed by atoms with Gasteiger partial charge in [0.05, 0.1) is 0 Å². The number of thioether (sulfide) groups is 1. The fourth-order valence-corrected chi connectivity index (χ4v) is 1.40. The van der Waals surface area contributed by atoms with Crippen LogP contribution in [0.3, 0.4) is 0 Å². The van der Waals surface area contributed by atoms with E-state index in [0.717, 1.165) is 38.2 Å². The van der Waals surface area contributed by atoms with Crippen molar-refractivity contribution in [1.82, 2.24) is 10.2 Å². The molecule has 0 aliphatic carbocycles. The first-order chi connectivity index (χ1) is 9.76. The van der Waals surface area contributed by atoms with Gasteiger partial charge in [-0.15, -0.1) is 0 Å². The van der Waals surface area contributed by atoms with Gasteiger partial charge in [0.1, 0.15) is 12.9 Å². The summed E-state index contributed by atoms with van der Waals surface area (Å²) < 4.78 is 5.06. The molecule has 6 heteroatoms. The van der Waals surface area contributed by atoms with E-state index in [4.69, 9.17) is 9.53 Å². The molecular formula is C14H32N2O3S. The van der Waals surface area contributed by atoms with Crippen LogP contribution in [-0.4, -0.2) is 62.1 Å². The summed E-state index contributed by atoms with van der Waals surface area (Å²) >= 11 is 1.68. The minimum atomic E-state index is -0.171. The average Bonchev–Trinajstić information content (AvgIpc) is 2.53. The van der Waals surface area contributed by atoms with Gasteiger partial charge < -0.3 is 19.7 Å². The number of amides is 1. The smallest absolute Gasteiger partial charge is 0.409 e. The Bertz CT molecular complexity index is 199. The standard InChI is InChI=1S/C8H16N2O2S.C2H4O.2C2H6/c1-13-7-6-12-8(11)10-4-2-9-3-5-10;1-2-3;2*1-2/h9H,2-7H2,1H3;2H,1H3;2*1-2H3. The zero-order chi connectivity index (χ0) is 16.2. The van der Waals surface area contributed by atoms with E-state index < -0.39 is 0 Å². The van der Waals surface area contributed by atoms with Crippen molar-refractivity contribution in [3.8, 4) is 0 Å². The van der Waals surface area contributed by atoms with Crippen molar-refractivity contribution < 1.29 is 14.3 Å². The monoisotopic (exact) mass is 308 g/mol. The highest BCUT2D eigenvalue weighted by molar-refractivity contribution is 7.98. The number of rotatable bonds is 3. The zero-order valence-corrected chi connectivity index (χ0v) is 14.7. The summed E-state index contributed by atoms with van der Waals surface area (Å²) in [5, 5.41) is 3.18. The molecule has 20 heavy (non-hydrogen) atoms. The van der Waals surface area contributed by atoms with Gasteiger partial charge in [-0.25, -0.2) is 4.79 Å². The van der Waals surface area contributed by atoms with Crippen LogP contribution < -0.4 is 5.32 Å². The summed E-state index contributed by atoms with van der Waals surface area (Å²) in [5.41, 5.74) is 0. The van der Waals surface area contributed by atoms with Gasteiger partial charge in [-0.3, -0.25) is 0 Å². The van der Waals surface area contributed by atoms with Gasteiger partial charge in [0.2, 0.25) is 0 Å². The van der Waals surface area contributed by atoms with Crippen molar-refractivity contribution in [1.29, 1.82) is 0 Å². The molecule has 1 N–H and O–H groups in total. The van der Waals surface area contributed by atoms with Crippen LogP contribution in [-0.2, 0) is 9.53 Å². The molecule has 1 saturated heterocycles. The molecule has 0 radical (unpaired) electrons. The predicted molar refractivity (Wildman–Crippen MR) is 88.6 cm³/mol. The molecule has 1 rings (SSSR count). The Morgan fingerprint density at radius 1 is 1.25 bits per heavy atom. The van der Waals surface area contributed by atoms with Crippen molar-refractivity contribution >= 4 is 24.1 Å². The molecule has 0 spiro atoms. The lowest BCUT2D eigenvalue weighted by Gasteiger charge is -2.26. The SMILES string of the molecule is CC.CC.CC=O.CSCCOC(=O)N1CCNCC1. The molecule has 5 nitrogen and oxygen atoms in total. The molecule has 0 aromatic heterocycles. The van der Waals surface area contributed by atoms with Gasteiger partial charge in [0.15, 0.2) is 0 Å². The Hall–Kier alpha value is -0.750. The summed E-state index contributed by atoms with van der Waals surface area (Å²) in [6.07, 6.45) is 2.58. The highest BCUT2D eigenvalue weighted by Gasteiger charge is 2.16. The number of piperazine rings is 1. The van der Waals surface area contributed by atoms with Gasteiger partial charge >= 0.3 is 6.09 Å². The molecule has 1 heterocycles. The summed E-state index contributed by atoms with van der Waals surface area (Å²) in [7, 11) is 0. The molecule has 0 unspecified atom stereocenters. The van der Waals surface area contributed by atoms with Gasteiger partial charge in [-0.2, -0.15) is 11.8 Å². The first-order valence-corrected chi connectivity index (χ1v) is 8.66. The summed E-state index contributed by atoms with van der Waals surface area (Å²) in [5.74, 6) is 0.873. The molecule has 0 aromatic rings. The Labute approximate surface area is 128 Å². The van der Waals surface area contributed by atoms with E-state index in [1.165, 1.54) is 6.92 Å². The maximum Gasteiger partial charge on any atom is 0.409 e. The lowest BCUT2D eigenvalue weighted by Crippen LogP contribution is -2.46. The molecule has 1 amide bonds. The second kappa shape index (κ2) is 23.4. The van der Waals surface area contributed by atoms with Gasteiger partial charge in [-0.05, 0) is 13.2 Å². The lowest BCUT2D eigenvalue weighted by atomic mass is 10.4. The minimum Gasteiger partial charge on any atom is -0.449 e. The zero-order valence-electron chi connectivity index (χ0n) is 13.9. The predicted octanol–water partition coefficient (Wildman–Crippen LogP) is 2.65. The normalized spacial score (nSPS) is 12.4. The molecule has 1 aliphatic rings. The Morgan fingerprint density at radius 3 is 2.10 bits per heavy atom. The number of nitrogens with one attached hydrogen (secondary N) is 1. The number of carbonyl (C=O) groups is 2. The van der Waals surface area contributed by atoms with Crippen molar-refractivity contribution in [2.24, 2.45) is 0 Å². The largest absolute Gasteiger partial charge is 0.449 e. The molecule has 122 valence electrons. The van der Waals surface area contributed by atoms with Crippen LogP contribution in [0.5, 0.6) is 0 Å². The number of aldehydes is 1. The van der Waals surface area contributed by atoms with Crippen LogP contribution in [0.25, 0.3) is 0 Å². The molecule has 0 atom stereocenters. The van der Waals surface area contributed by atoms with Crippen molar-refractivity contribution in [2.45, 2.75) is 34.6 Å². The molecule has 0 aromatic carbocycles. The lowest BCUT2D eigenvalue weighted by molar-refractivity contribution is -0.106. The van der Waals surface area contributed by atoms with Crippen molar-refractivity contribution in [3.63, 3.8) is 0 Å². The van der Waals surface area contributed by atoms with E-state index in [9.17, 15) is 4.79 Å². The van der Waals surface area contributed by atoms with Crippen LogP contribution in [0, 0.1) is 0 Å². The third kappa shape index (κ3) is 17.2. The quantitative estimate of drug-likeness (QED) is 0.641. The van der Waals surface area contributed by atoms with Crippen LogP contribution in [0.1, 0.15) is 34.6 Å². The van der Waals surface area contributed by atoms with Crippen LogP contribution in [0.2, 0.25) is 0 Å². The number of nitrogens with zero attached hydrogens (tertiary/aromatic N) is 1. The van der Waals surface area contributed by atoms with E-state index in [2.05, 4.69) is 5.32 Å². The van der Waals surface area contributed by atoms with E-state index in [1.54, 1.807) is 16.7 Å². The number of hydrogen-bond acceptors (Lipinski definition) is 5. The Morgan fingerprint density at radius 2 is 1.70 bits per heavy atom. The van der Waals surface area contributed by atoms with Gasteiger partial charge in [0.25, 0.3) is 0 Å². The van der Waals surface area contributed by atoms with E-state index >= 15 is 0 Å². The first-order valence-electron chi connectivity index (χ1n) is 7.27. The maximum atomic E-state index is 11.3. The van der Waals surface area contributed by atoms with Gasteiger partial charge in [0, 0.05) is 31.9 Å². The molecule has 1 aliphatic heterocycles. The minimum absolute atomic E-state index is 0.171. The number of carbonyl (C=O) groups excluding carboxylic acids is 2. The molecule has 1 fully saturated rings. The first kappa shape index (κ1) is 24.3. The second-order valence-electron chi connectivity index (χ2n) is 3.08. The third-order valence-electron chi connectivity index (χ3n) is 1.89. The van der Waals surface area contributed by atoms with Crippen molar-refractivity contribution in [2.75, 3.05) is 44.8 Å². The second-order valence-corrected chi connectivity index (χ2v) is 4.07. The molecule has 0 saturated carbocycles. The fraction of sp³-hybridized carbons (Fsp3) is 0.857. The third-order valence-corrected chi connectivity index (χ3v) is 2.46. The summed E-state index contributed by atoms with van der Waals surface area (Å²) in [6.45, 7) is 13.2. The highest BCUT2D eigenvalue weighted by Crippen LogP contribution is 1.98. The maximum absolute atomic E-state index is 11.3. The topological polar surface area (TPSA) is 58.6 Å². The van der Waals surface area contributed by atoms with Gasteiger partial charge in [-0.1, -0.05) is 27.7 Å². The van der Waals surface area contributed by atoms with E-state index in [0.29, 0.717) is 6.61 Å². The summed E-state index contributed by atoms with van der Waals surface area (Å²) in [6, 6.07) is 0. The average molecular weight is 308 g/mol. The number of ether oxygens (including phenoxy) is 1.